The molecule has 0 saturated carbocycles. The average molecular weight is 656 g/mol. The molecule has 2 aromatic rings. The van der Waals surface area contributed by atoms with Crippen LogP contribution >= 0.6 is 35.0 Å². The first-order valence-corrected chi connectivity index (χ1v) is 16.6. The van der Waals surface area contributed by atoms with Gasteiger partial charge in [0.15, 0.2) is 0 Å². The van der Waals surface area contributed by atoms with Crippen LogP contribution in [0, 0.1) is 6.92 Å². The predicted molar refractivity (Wildman–Crippen MR) is 188 cm³/mol. The number of piperidine rings is 1. The summed E-state index contributed by atoms with van der Waals surface area (Å²) in [5, 5.41) is 6.18. The molecule has 0 atom stereocenters. The monoisotopic (exact) mass is 654 g/mol. The van der Waals surface area contributed by atoms with Crippen LogP contribution in [0.3, 0.4) is 0 Å². The van der Waals surface area contributed by atoms with Gasteiger partial charge in [-0.05, 0) is 80.1 Å². The SMILES string of the molecule is CC.CCC(=O)NC1CCN(Cc2ccc(Cl)c(Cl)c2)CC1.CCOc1ccc(C/C(N)=C/SC/N=C\N)c(C)c1.CN. The fourth-order valence-corrected chi connectivity index (χ4v) is 4.94. The molecule has 0 aliphatic carbocycles. The van der Waals surface area contributed by atoms with Gasteiger partial charge in [-0.1, -0.05) is 56.1 Å². The molecule has 0 bridgehead atoms. The Morgan fingerprint density at radius 1 is 1.12 bits per heavy atom. The highest BCUT2D eigenvalue weighted by molar-refractivity contribution is 8.02. The van der Waals surface area contributed by atoms with Crippen molar-refractivity contribution in [2.45, 2.75) is 72.9 Å². The minimum atomic E-state index is 0.146. The molecule has 1 amide bonds. The third-order valence-corrected chi connectivity index (χ3v) is 7.68. The average Bonchev–Trinajstić information content (AvgIpc) is 3.02. The number of nitrogens with zero attached hydrogens (tertiary/aromatic N) is 2. The van der Waals surface area contributed by atoms with Crippen molar-refractivity contribution in [1.29, 1.82) is 0 Å². The molecule has 242 valence electrons. The summed E-state index contributed by atoms with van der Waals surface area (Å²) < 4.78 is 5.46. The number of thioether (sulfide) groups is 1. The van der Waals surface area contributed by atoms with Crippen LogP contribution in [0.1, 0.15) is 63.6 Å². The maximum absolute atomic E-state index is 11.4. The molecule has 0 spiro atoms. The molecule has 8 nitrogen and oxygen atoms in total. The summed E-state index contributed by atoms with van der Waals surface area (Å²) in [7, 11) is 1.50. The normalized spacial score (nSPS) is 13.6. The van der Waals surface area contributed by atoms with Crippen LogP contribution in [0.4, 0.5) is 0 Å². The minimum Gasteiger partial charge on any atom is -0.494 e. The van der Waals surface area contributed by atoms with Crippen molar-refractivity contribution in [3.8, 4) is 5.75 Å². The highest BCUT2D eigenvalue weighted by atomic mass is 35.5. The predicted octanol–water partition coefficient (Wildman–Crippen LogP) is 6.50. The van der Waals surface area contributed by atoms with E-state index in [1.54, 1.807) is 0 Å². The van der Waals surface area contributed by atoms with Gasteiger partial charge in [0.25, 0.3) is 0 Å². The summed E-state index contributed by atoms with van der Waals surface area (Å²) in [4.78, 5) is 17.7. The van der Waals surface area contributed by atoms with E-state index < -0.39 is 0 Å². The van der Waals surface area contributed by atoms with Crippen molar-refractivity contribution in [2.24, 2.45) is 22.2 Å². The summed E-state index contributed by atoms with van der Waals surface area (Å²) in [6, 6.07) is 12.2. The van der Waals surface area contributed by atoms with E-state index in [0.29, 0.717) is 35.0 Å². The number of likely N-dealkylation sites (tertiary alicyclic amines) is 1. The molecule has 7 N–H and O–H groups in total. The molecule has 0 unspecified atom stereocenters. The largest absolute Gasteiger partial charge is 0.494 e. The molecular weight excluding hydrogens is 603 g/mol. The Kier molecular flexibility index (Phi) is 23.5. The van der Waals surface area contributed by atoms with Crippen LogP contribution in [0.15, 0.2) is 52.5 Å². The number of aryl methyl sites for hydroxylation is 1. The first kappa shape index (κ1) is 40.6. The fraction of sp³-hybridized carbons (Fsp3) is 0.500. The van der Waals surface area contributed by atoms with E-state index in [1.165, 1.54) is 41.8 Å². The second kappa shape index (κ2) is 25.0. The second-order valence-electron chi connectivity index (χ2n) is 9.24. The smallest absolute Gasteiger partial charge is 0.219 e. The van der Waals surface area contributed by atoms with Crippen molar-refractivity contribution in [2.75, 3.05) is 32.6 Å². The first-order valence-electron chi connectivity index (χ1n) is 14.8. The number of carbonyl (C=O) groups is 1. The number of hydrogen-bond donors (Lipinski definition) is 4. The molecule has 0 aromatic heterocycles. The first-order chi connectivity index (χ1) is 20.7. The van der Waals surface area contributed by atoms with Gasteiger partial charge in [0.1, 0.15) is 5.75 Å². The van der Waals surface area contributed by atoms with Crippen LogP contribution in [-0.2, 0) is 17.8 Å². The molecule has 1 saturated heterocycles. The van der Waals surface area contributed by atoms with E-state index in [2.05, 4.69) is 33.9 Å². The van der Waals surface area contributed by atoms with Crippen molar-refractivity contribution < 1.29 is 9.53 Å². The fourth-order valence-electron chi connectivity index (χ4n) is 4.08. The molecule has 0 radical (unpaired) electrons. The number of nitrogens with two attached hydrogens (primary N) is 3. The molecule has 2 aromatic carbocycles. The zero-order chi connectivity index (χ0) is 32.6. The molecule has 3 rings (SSSR count). The van der Waals surface area contributed by atoms with Gasteiger partial charge in [0.05, 0.1) is 28.9 Å². The Morgan fingerprint density at radius 3 is 2.35 bits per heavy atom. The van der Waals surface area contributed by atoms with Gasteiger partial charge in [0, 0.05) is 44.2 Å². The molecule has 43 heavy (non-hydrogen) atoms. The molecule has 1 heterocycles. The number of nitrogens with one attached hydrogen (secondary N) is 1. The number of hydrogen-bond acceptors (Lipinski definition) is 7. The third-order valence-electron chi connectivity index (χ3n) is 6.17. The third kappa shape index (κ3) is 17.5. The molecule has 1 aliphatic heterocycles. The number of ether oxygens (including phenoxy) is 1. The van der Waals surface area contributed by atoms with Crippen LogP contribution in [0.5, 0.6) is 5.75 Å². The van der Waals surface area contributed by atoms with Gasteiger partial charge in [-0.3, -0.25) is 14.7 Å². The number of allylic oxidation sites excluding steroid dienone is 1. The van der Waals surface area contributed by atoms with Gasteiger partial charge in [0.2, 0.25) is 5.91 Å². The van der Waals surface area contributed by atoms with E-state index in [9.17, 15) is 4.79 Å². The van der Waals surface area contributed by atoms with Gasteiger partial charge in [-0.2, -0.15) is 0 Å². The molecule has 1 aliphatic rings. The van der Waals surface area contributed by atoms with Crippen molar-refractivity contribution in [3.05, 3.63) is 74.2 Å². The lowest BCUT2D eigenvalue weighted by atomic mass is 10.0. The number of carbonyl (C=O) groups excluding carboxylic acids is 1. The van der Waals surface area contributed by atoms with Crippen LogP contribution in [0.25, 0.3) is 0 Å². The summed E-state index contributed by atoms with van der Waals surface area (Å²) in [6.07, 6.45) is 4.61. The van der Waals surface area contributed by atoms with E-state index in [-0.39, 0.29) is 5.91 Å². The number of halogens is 2. The summed E-state index contributed by atoms with van der Waals surface area (Å²) in [5.74, 6) is 1.64. The van der Waals surface area contributed by atoms with Crippen LogP contribution < -0.4 is 27.3 Å². The molecular formula is C32H52Cl2N6O2S. The highest BCUT2D eigenvalue weighted by Crippen LogP contribution is 2.24. The number of benzene rings is 2. The topological polar surface area (TPSA) is 132 Å². The zero-order valence-electron chi connectivity index (χ0n) is 26.7. The zero-order valence-corrected chi connectivity index (χ0v) is 29.0. The number of aliphatic imine (C=N–C) groups is 1. The summed E-state index contributed by atoms with van der Waals surface area (Å²) in [6.45, 7) is 13.5. The lowest BCUT2D eigenvalue weighted by Crippen LogP contribution is -2.44. The summed E-state index contributed by atoms with van der Waals surface area (Å²) in [5.41, 5.74) is 20.0. The molecule has 1 fully saturated rings. The Labute approximate surface area is 273 Å². The van der Waals surface area contributed by atoms with E-state index in [0.717, 1.165) is 50.3 Å². The Bertz CT molecular complexity index is 1110. The lowest BCUT2D eigenvalue weighted by molar-refractivity contribution is -0.121. The number of amides is 1. The van der Waals surface area contributed by atoms with Gasteiger partial charge in [-0.15, -0.1) is 11.8 Å². The lowest BCUT2D eigenvalue weighted by Gasteiger charge is -2.32. The van der Waals surface area contributed by atoms with E-state index in [1.807, 2.05) is 63.4 Å². The summed E-state index contributed by atoms with van der Waals surface area (Å²) >= 11 is 13.5. The highest BCUT2D eigenvalue weighted by Gasteiger charge is 2.20. The van der Waals surface area contributed by atoms with E-state index in [4.69, 9.17) is 39.4 Å². The quantitative estimate of drug-likeness (QED) is 0.123. The van der Waals surface area contributed by atoms with Crippen LogP contribution in [-0.4, -0.2) is 55.8 Å². The van der Waals surface area contributed by atoms with Gasteiger partial charge < -0.3 is 27.3 Å². The van der Waals surface area contributed by atoms with Crippen molar-refractivity contribution >= 4 is 47.2 Å². The second-order valence-corrected chi connectivity index (χ2v) is 10.9. The maximum Gasteiger partial charge on any atom is 0.219 e. The van der Waals surface area contributed by atoms with Gasteiger partial charge >= 0.3 is 0 Å². The van der Waals surface area contributed by atoms with Crippen molar-refractivity contribution in [3.63, 3.8) is 0 Å². The molecule has 11 heteroatoms. The minimum absolute atomic E-state index is 0.146. The van der Waals surface area contributed by atoms with Gasteiger partial charge in [-0.25, -0.2) is 0 Å². The Hall–Kier alpha value is -2.43. The maximum atomic E-state index is 11.4. The standard InChI is InChI=1S/C15H20Cl2N2O.C14H21N3OS.C2H6.CH5N/c1-2-15(20)18-12-5-7-19(8-6-12)10-11-3-4-13(16)14(17)9-11;1-3-18-14-5-4-12(11(2)6-14)7-13(16)8-19-10-17-9-15;2*1-2/h3-4,9,12H,2,5-8,10H2,1H3,(H,18,20);4-6,8-9H,3,7,10,16H2,1-2H3,(H2,15,17);1-2H3;2H2,1H3/b;13-8-;;. The van der Waals surface area contributed by atoms with Crippen LogP contribution in [0.2, 0.25) is 10.0 Å². The van der Waals surface area contributed by atoms with Crippen molar-refractivity contribution in [1.82, 2.24) is 10.2 Å². The number of rotatable bonds is 11. The van der Waals surface area contributed by atoms with E-state index >= 15 is 0 Å². The Morgan fingerprint density at radius 2 is 1.79 bits per heavy atom. The Balaban J connectivity index is 0.000000736.